The summed E-state index contributed by atoms with van der Waals surface area (Å²) in [5, 5.41) is 0. The fourth-order valence-corrected chi connectivity index (χ4v) is 2.21. The molecule has 0 bridgehead atoms. The SMILES string of the molecule is NC1(Cc2ccccc2)CCCOCC1. The van der Waals surface area contributed by atoms with E-state index < -0.39 is 0 Å². The predicted molar refractivity (Wildman–Crippen MR) is 61.7 cm³/mol. The van der Waals surface area contributed by atoms with Crippen LogP contribution in [0.25, 0.3) is 0 Å². The summed E-state index contributed by atoms with van der Waals surface area (Å²) in [5.41, 5.74) is 7.69. The molecule has 0 radical (unpaired) electrons. The molecule has 1 aromatic rings. The van der Waals surface area contributed by atoms with Gasteiger partial charge in [0.2, 0.25) is 0 Å². The molecule has 1 aromatic carbocycles. The van der Waals surface area contributed by atoms with E-state index in [2.05, 4.69) is 24.3 Å². The summed E-state index contributed by atoms with van der Waals surface area (Å²) in [6, 6.07) is 10.5. The van der Waals surface area contributed by atoms with Crippen molar-refractivity contribution in [2.45, 2.75) is 31.2 Å². The van der Waals surface area contributed by atoms with Crippen molar-refractivity contribution in [3.63, 3.8) is 0 Å². The summed E-state index contributed by atoms with van der Waals surface area (Å²) >= 11 is 0. The lowest BCUT2D eigenvalue weighted by molar-refractivity contribution is 0.139. The van der Waals surface area contributed by atoms with Gasteiger partial charge in [-0.2, -0.15) is 0 Å². The number of hydrogen-bond acceptors (Lipinski definition) is 2. The fraction of sp³-hybridized carbons (Fsp3) is 0.538. The molecule has 82 valence electrons. The molecular weight excluding hydrogens is 186 g/mol. The Bertz CT molecular complexity index is 289. The quantitative estimate of drug-likeness (QED) is 0.802. The van der Waals surface area contributed by atoms with Crippen LogP contribution in [0.1, 0.15) is 24.8 Å². The first-order valence-corrected chi connectivity index (χ1v) is 5.69. The van der Waals surface area contributed by atoms with Crippen molar-refractivity contribution in [3.8, 4) is 0 Å². The van der Waals surface area contributed by atoms with Crippen LogP contribution >= 0.6 is 0 Å². The van der Waals surface area contributed by atoms with Crippen molar-refractivity contribution in [2.75, 3.05) is 13.2 Å². The van der Waals surface area contributed by atoms with Gasteiger partial charge in [-0.1, -0.05) is 30.3 Å². The van der Waals surface area contributed by atoms with Gasteiger partial charge < -0.3 is 10.5 Å². The standard InChI is InChI=1S/C13H19NO/c14-13(7-4-9-15-10-8-13)11-12-5-2-1-3-6-12/h1-3,5-6H,4,7-11,14H2. The van der Waals surface area contributed by atoms with Gasteiger partial charge in [-0.05, 0) is 31.2 Å². The van der Waals surface area contributed by atoms with Gasteiger partial charge in [-0.25, -0.2) is 0 Å². The Labute approximate surface area is 91.4 Å². The van der Waals surface area contributed by atoms with Gasteiger partial charge in [0.05, 0.1) is 0 Å². The van der Waals surface area contributed by atoms with Crippen molar-refractivity contribution in [1.29, 1.82) is 0 Å². The molecule has 1 fully saturated rings. The maximum atomic E-state index is 6.41. The lowest BCUT2D eigenvalue weighted by atomic mass is 9.85. The van der Waals surface area contributed by atoms with Crippen LogP contribution in [0.3, 0.4) is 0 Å². The largest absolute Gasteiger partial charge is 0.381 e. The van der Waals surface area contributed by atoms with E-state index in [4.69, 9.17) is 10.5 Å². The summed E-state index contributed by atoms with van der Waals surface area (Å²) in [4.78, 5) is 0. The molecule has 1 aliphatic heterocycles. The molecule has 1 atom stereocenters. The maximum absolute atomic E-state index is 6.41. The molecule has 0 aliphatic carbocycles. The summed E-state index contributed by atoms with van der Waals surface area (Å²) in [5.74, 6) is 0. The molecule has 2 N–H and O–H groups in total. The zero-order valence-electron chi connectivity index (χ0n) is 9.11. The van der Waals surface area contributed by atoms with Crippen LogP contribution in [0, 0.1) is 0 Å². The van der Waals surface area contributed by atoms with Gasteiger partial charge in [-0.3, -0.25) is 0 Å². The lowest BCUT2D eigenvalue weighted by Gasteiger charge is -2.27. The lowest BCUT2D eigenvalue weighted by Crippen LogP contribution is -2.42. The zero-order valence-corrected chi connectivity index (χ0v) is 9.11. The van der Waals surface area contributed by atoms with E-state index in [1.165, 1.54) is 5.56 Å². The van der Waals surface area contributed by atoms with E-state index in [1.54, 1.807) is 0 Å². The average molecular weight is 205 g/mol. The second kappa shape index (κ2) is 4.77. The van der Waals surface area contributed by atoms with E-state index in [1.807, 2.05) is 6.07 Å². The maximum Gasteiger partial charge on any atom is 0.0483 e. The minimum Gasteiger partial charge on any atom is -0.381 e. The Balaban J connectivity index is 2.02. The second-order valence-electron chi connectivity index (χ2n) is 4.49. The molecule has 15 heavy (non-hydrogen) atoms. The van der Waals surface area contributed by atoms with E-state index >= 15 is 0 Å². The van der Waals surface area contributed by atoms with Crippen molar-refractivity contribution in [2.24, 2.45) is 5.73 Å². The molecule has 1 aliphatic rings. The molecule has 1 saturated heterocycles. The second-order valence-corrected chi connectivity index (χ2v) is 4.49. The van der Waals surface area contributed by atoms with Crippen molar-refractivity contribution in [1.82, 2.24) is 0 Å². The number of nitrogens with two attached hydrogens (primary N) is 1. The van der Waals surface area contributed by atoms with Crippen LogP contribution in [0.2, 0.25) is 0 Å². The minimum atomic E-state index is -0.0577. The molecule has 2 nitrogen and oxygen atoms in total. The minimum absolute atomic E-state index is 0.0577. The first kappa shape index (κ1) is 10.7. The highest BCUT2D eigenvalue weighted by Crippen LogP contribution is 2.22. The van der Waals surface area contributed by atoms with Crippen molar-refractivity contribution >= 4 is 0 Å². The molecular formula is C13H19NO. The van der Waals surface area contributed by atoms with Gasteiger partial charge in [0.15, 0.2) is 0 Å². The molecule has 1 unspecified atom stereocenters. The third-order valence-corrected chi connectivity index (χ3v) is 3.11. The summed E-state index contributed by atoms with van der Waals surface area (Å²) in [6.07, 6.45) is 4.10. The molecule has 0 spiro atoms. The predicted octanol–water partition coefficient (Wildman–Crippen LogP) is 2.13. The van der Waals surface area contributed by atoms with E-state index in [0.717, 1.165) is 38.9 Å². The van der Waals surface area contributed by atoms with Crippen LogP contribution in [0.5, 0.6) is 0 Å². The van der Waals surface area contributed by atoms with Crippen LogP contribution < -0.4 is 5.73 Å². The molecule has 2 heteroatoms. The first-order chi connectivity index (χ1) is 7.29. The molecule has 2 rings (SSSR count). The Morgan fingerprint density at radius 3 is 2.73 bits per heavy atom. The number of rotatable bonds is 2. The smallest absolute Gasteiger partial charge is 0.0483 e. The summed E-state index contributed by atoms with van der Waals surface area (Å²) < 4.78 is 5.45. The monoisotopic (exact) mass is 205 g/mol. The van der Waals surface area contributed by atoms with Crippen molar-refractivity contribution in [3.05, 3.63) is 35.9 Å². The van der Waals surface area contributed by atoms with E-state index in [-0.39, 0.29) is 5.54 Å². The fourth-order valence-electron chi connectivity index (χ4n) is 2.21. The van der Waals surface area contributed by atoms with Crippen LogP contribution in [0.4, 0.5) is 0 Å². The van der Waals surface area contributed by atoms with Gasteiger partial charge in [0, 0.05) is 18.8 Å². The van der Waals surface area contributed by atoms with Gasteiger partial charge in [0.25, 0.3) is 0 Å². The average Bonchev–Trinajstić information content (AvgIpc) is 2.45. The number of benzene rings is 1. The highest BCUT2D eigenvalue weighted by molar-refractivity contribution is 5.17. The Morgan fingerprint density at radius 1 is 1.13 bits per heavy atom. The van der Waals surface area contributed by atoms with Gasteiger partial charge in [0.1, 0.15) is 0 Å². The molecule has 0 saturated carbocycles. The van der Waals surface area contributed by atoms with Gasteiger partial charge in [-0.15, -0.1) is 0 Å². The van der Waals surface area contributed by atoms with Crippen LogP contribution in [-0.4, -0.2) is 18.8 Å². The molecule has 1 heterocycles. The topological polar surface area (TPSA) is 35.2 Å². The van der Waals surface area contributed by atoms with Gasteiger partial charge >= 0.3 is 0 Å². The Hall–Kier alpha value is -0.860. The first-order valence-electron chi connectivity index (χ1n) is 5.69. The van der Waals surface area contributed by atoms with E-state index in [0.29, 0.717) is 0 Å². The number of hydrogen-bond donors (Lipinski definition) is 1. The molecule has 0 amide bonds. The zero-order chi connectivity index (χ0) is 10.6. The normalized spacial score (nSPS) is 27.3. The van der Waals surface area contributed by atoms with Crippen molar-refractivity contribution < 1.29 is 4.74 Å². The van der Waals surface area contributed by atoms with Crippen LogP contribution in [0.15, 0.2) is 30.3 Å². The van der Waals surface area contributed by atoms with E-state index in [9.17, 15) is 0 Å². The Kier molecular flexibility index (Phi) is 3.39. The third-order valence-electron chi connectivity index (χ3n) is 3.11. The highest BCUT2D eigenvalue weighted by atomic mass is 16.5. The summed E-state index contributed by atoms with van der Waals surface area (Å²) in [6.45, 7) is 1.68. The summed E-state index contributed by atoms with van der Waals surface area (Å²) in [7, 11) is 0. The number of ether oxygens (including phenoxy) is 1. The molecule has 0 aromatic heterocycles. The van der Waals surface area contributed by atoms with Crippen LogP contribution in [-0.2, 0) is 11.2 Å². The Morgan fingerprint density at radius 2 is 1.93 bits per heavy atom. The highest BCUT2D eigenvalue weighted by Gasteiger charge is 2.26. The third kappa shape index (κ3) is 3.05.